The minimum atomic E-state index is 0.774. The van der Waals surface area contributed by atoms with Crippen molar-refractivity contribution in [3.05, 3.63) is 199 Å². The molecule has 0 aromatic heterocycles. The fraction of sp³-hybridized carbons (Fsp3) is 0.0204. The van der Waals surface area contributed by atoms with E-state index in [1.54, 1.807) is 0 Å². The summed E-state index contributed by atoms with van der Waals surface area (Å²) >= 11 is 0. The van der Waals surface area contributed by atoms with Gasteiger partial charge in [0.05, 0.1) is 17.1 Å². The van der Waals surface area contributed by atoms with Crippen molar-refractivity contribution in [1.82, 2.24) is 0 Å². The van der Waals surface area contributed by atoms with Gasteiger partial charge in [-0.25, -0.2) is 0 Å². The largest absolute Gasteiger partial charge is 0.453 e. The molecule has 1 aliphatic heterocycles. The Labute approximate surface area is 298 Å². The molecule has 0 saturated carbocycles. The third-order valence-electron chi connectivity index (χ3n) is 10.3. The number of ether oxygens (including phenoxy) is 1. The number of anilines is 3. The summed E-state index contributed by atoms with van der Waals surface area (Å²) < 4.78 is 6.88. The number of rotatable bonds is 3. The van der Waals surface area contributed by atoms with Crippen molar-refractivity contribution in [3.63, 3.8) is 0 Å². The van der Waals surface area contributed by atoms with Crippen molar-refractivity contribution in [3.8, 4) is 67.1 Å². The maximum absolute atomic E-state index is 6.88. The molecule has 0 amide bonds. The number of benzene rings is 8. The molecule has 0 spiro atoms. The SMILES string of the molecule is c1ccc(-c2ccc3c(c2)Oc2cc(-c4ccccc4)ccc2N3c2cccc3c2Cc2ccccc2-c2ccccc2-c2ccccc2-3)cc1. The molecule has 1 aliphatic carbocycles. The Morgan fingerprint density at radius 3 is 1.35 bits per heavy atom. The highest BCUT2D eigenvalue weighted by molar-refractivity contribution is 5.97. The predicted octanol–water partition coefficient (Wildman–Crippen LogP) is 13.5. The van der Waals surface area contributed by atoms with Gasteiger partial charge in [0, 0.05) is 6.42 Å². The number of fused-ring (bicyclic) bond motifs is 9. The van der Waals surface area contributed by atoms with Crippen LogP contribution in [0.4, 0.5) is 17.1 Å². The average molecular weight is 652 g/mol. The van der Waals surface area contributed by atoms with Gasteiger partial charge in [-0.05, 0) is 97.1 Å². The van der Waals surface area contributed by atoms with Gasteiger partial charge in [-0.3, -0.25) is 0 Å². The highest BCUT2D eigenvalue weighted by Gasteiger charge is 2.30. The summed E-state index contributed by atoms with van der Waals surface area (Å²) in [6.45, 7) is 0. The van der Waals surface area contributed by atoms with E-state index in [4.69, 9.17) is 4.74 Å². The van der Waals surface area contributed by atoms with E-state index >= 15 is 0 Å². The second-order valence-corrected chi connectivity index (χ2v) is 13.3. The Hall–Kier alpha value is -6.64. The molecule has 0 radical (unpaired) electrons. The molecule has 0 bridgehead atoms. The zero-order valence-corrected chi connectivity index (χ0v) is 28.0. The smallest absolute Gasteiger partial charge is 0.152 e. The molecule has 0 saturated heterocycles. The monoisotopic (exact) mass is 651 g/mol. The van der Waals surface area contributed by atoms with Gasteiger partial charge in [0.2, 0.25) is 0 Å². The van der Waals surface area contributed by atoms with Crippen LogP contribution in [-0.4, -0.2) is 0 Å². The summed E-state index contributed by atoms with van der Waals surface area (Å²) in [5.41, 5.74) is 17.8. The van der Waals surface area contributed by atoms with Crippen LogP contribution < -0.4 is 9.64 Å². The maximum atomic E-state index is 6.88. The van der Waals surface area contributed by atoms with E-state index in [1.807, 2.05) is 0 Å². The van der Waals surface area contributed by atoms with Crippen molar-refractivity contribution in [2.24, 2.45) is 0 Å². The molecule has 0 unspecified atom stereocenters. The molecule has 51 heavy (non-hydrogen) atoms. The first-order valence-electron chi connectivity index (χ1n) is 17.6. The molecule has 0 fully saturated rings. The number of hydrogen-bond acceptors (Lipinski definition) is 2. The standard InChI is InChI=1S/C49H33NO/c1-3-14-33(15-4-1)35-26-28-46-48(31-35)51-49-32-36(34-16-5-2-6-17-34)27-29-47(49)50(46)45-25-13-24-43-42-23-12-11-22-41(42)40-21-10-9-20-39(40)38-19-8-7-18-37(38)30-44(43)45/h1-29,31-32H,30H2. The lowest BCUT2D eigenvalue weighted by Gasteiger charge is -2.35. The second-order valence-electron chi connectivity index (χ2n) is 13.3. The number of hydrogen-bond donors (Lipinski definition) is 0. The summed E-state index contributed by atoms with van der Waals surface area (Å²) in [4.78, 5) is 2.42. The van der Waals surface area contributed by atoms with Crippen molar-refractivity contribution in [2.75, 3.05) is 4.90 Å². The summed E-state index contributed by atoms with van der Waals surface area (Å²) in [5, 5.41) is 0. The molecular formula is C49H33NO. The zero-order chi connectivity index (χ0) is 33.7. The fourth-order valence-corrected chi connectivity index (χ4v) is 7.94. The zero-order valence-electron chi connectivity index (χ0n) is 28.0. The van der Waals surface area contributed by atoms with E-state index in [2.05, 4.69) is 193 Å². The van der Waals surface area contributed by atoms with Gasteiger partial charge in [0.25, 0.3) is 0 Å². The highest BCUT2D eigenvalue weighted by Crippen LogP contribution is 2.54. The topological polar surface area (TPSA) is 12.5 Å². The van der Waals surface area contributed by atoms with Gasteiger partial charge in [0.1, 0.15) is 0 Å². The van der Waals surface area contributed by atoms with Crippen molar-refractivity contribution < 1.29 is 4.74 Å². The molecule has 1 heterocycles. The van der Waals surface area contributed by atoms with Gasteiger partial charge in [-0.2, -0.15) is 0 Å². The normalized spacial score (nSPS) is 12.4. The van der Waals surface area contributed by atoms with Crippen LogP contribution in [0.5, 0.6) is 11.5 Å². The quantitative estimate of drug-likeness (QED) is 0.188. The fourth-order valence-electron chi connectivity index (χ4n) is 7.94. The molecule has 10 rings (SSSR count). The molecule has 2 nitrogen and oxygen atoms in total. The van der Waals surface area contributed by atoms with Crippen molar-refractivity contribution in [2.45, 2.75) is 6.42 Å². The van der Waals surface area contributed by atoms with Crippen LogP contribution in [0, 0.1) is 0 Å². The third kappa shape index (κ3) is 4.95. The van der Waals surface area contributed by atoms with Gasteiger partial charge in [0.15, 0.2) is 11.5 Å². The minimum absolute atomic E-state index is 0.774. The van der Waals surface area contributed by atoms with Crippen molar-refractivity contribution >= 4 is 17.1 Å². The van der Waals surface area contributed by atoms with Crippen molar-refractivity contribution in [1.29, 1.82) is 0 Å². The maximum Gasteiger partial charge on any atom is 0.152 e. The van der Waals surface area contributed by atoms with E-state index in [0.717, 1.165) is 57.2 Å². The van der Waals surface area contributed by atoms with E-state index in [0.29, 0.717) is 0 Å². The Kier molecular flexibility index (Phi) is 6.92. The molecule has 2 aliphatic rings. The number of nitrogens with zero attached hydrogens (tertiary/aromatic N) is 1. The van der Waals surface area contributed by atoms with Gasteiger partial charge in [-0.1, -0.05) is 158 Å². The molecule has 8 aromatic carbocycles. The van der Waals surface area contributed by atoms with E-state index in [1.165, 1.54) is 44.5 Å². The molecule has 0 atom stereocenters. The van der Waals surface area contributed by atoms with Gasteiger partial charge >= 0.3 is 0 Å². The molecule has 2 heteroatoms. The lowest BCUT2D eigenvalue weighted by molar-refractivity contribution is 0.477. The van der Waals surface area contributed by atoms with Crippen LogP contribution >= 0.6 is 0 Å². The van der Waals surface area contributed by atoms with E-state index < -0.39 is 0 Å². The van der Waals surface area contributed by atoms with Crippen LogP contribution in [0.25, 0.3) is 55.6 Å². The summed E-state index contributed by atoms with van der Waals surface area (Å²) in [6, 6.07) is 67.7. The first-order valence-corrected chi connectivity index (χ1v) is 17.6. The average Bonchev–Trinajstić information content (AvgIpc) is 3.25. The van der Waals surface area contributed by atoms with Crippen LogP contribution in [-0.2, 0) is 6.42 Å². The Morgan fingerprint density at radius 1 is 0.333 bits per heavy atom. The van der Waals surface area contributed by atoms with Crippen LogP contribution in [0.15, 0.2) is 188 Å². The Morgan fingerprint density at radius 2 is 0.784 bits per heavy atom. The Bertz CT molecular complexity index is 2500. The van der Waals surface area contributed by atoms with Crippen LogP contribution in [0.2, 0.25) is 0 Å². The first kappa shape index (κ1) is 29.3. The van der Waals surface area contributed by atoms with E-state index in [-0.39, 0.29) is 0 Å². The highest BCUT2D eigenvalue weighted by atomic mass is 16.5. The second kappa shape index (κ2) is 12.0. The molecule has 240 valence electrons. The lowest BCUT2D eigenvalue weighted by Crippen LogP contribution is -2.18. The van der Waals surface area contributed by atoms with Gasteiger partial charge in [-0.15, -0.1) is 0 Å². The molecule has 0 N–H and O–H groups in total. The van der Waals surface area contributed by atoms with E-state index in [9.17, 15) is 0 Å². The summed E-state index contributed by atoms with van der Waals surface area (Å²) in [5.74, 6) is 1.67. The summed E-state index contributed by atoms with van der Waals surface area (Å²) in [6.07, 6.45) is 0.774. The summed E-state index contributed by atoms with van der Waals surface area (Å²) in [7, 11) is 0. The molecular weight excluding hydrogens is 619 g/mol. The van der Waals surface area contributed by atoms with Crippen LogP contribution in [0.3, 0.4) is 0 Å². The van der Waals surface area contributed by atoms with Gasteiger partial charge < -0.3 is 9.64 Å². The third-order valence-corrected chi connectivity index (χ3v) is 10.3. The molecule has 8 aromatic rings. The minimum Gasteiger partial charge on any atom is -0.453 e. The lowest BCUT2D eigenvalue weighted by atomic mass is 9.89. The predicted molar refractivity (Wildman–Crippen MR) is 211 cm³/mol. The first-order chi connectivity index (χ1) is 25.3. The van der Waals surface area contributed by atoms with Crippen LogP contribution in [0.1, 0.15) is 11.1 Å². The Balaban J connectivity index is 1.23.